The van der Waals surface area contributed by atoms with Crippen LogP contribution in [0.3, 0.4) is 0 Å². The first kappa shape index (κ1) is 19.6. The number of thioether (sulfide) groups is 1. The lowest BCUT2D eigenvalue weighted by molar-refractivity contribution is -0.123. The van der Waals surface area contributed by atoms with Crippen LogP contribution in [0.15, 0.2) is 48.5 Å². The van der Waals surface area contributed by atoms with Crippen molar-refractivity contribution in [1.29, 1.82) is 0 Å². The van der Waals surface area contributed by atoms with Crippen LogP contribution in [0.1, 0.15) is 18.5 Å². The third-order valence-corrected chi connectivity index (χ3v) is 5.16. The molecule has 0 saturated carbocycles. The highest BCUT2D eigenvalue weighted by atomic mass is 35.5. The van der Waals surface area contributed by atoms with Crippen LogP contribution in [0.25, 0.3) is 11.1 Å². The van der Waals surface area contributed by atoms with Crippen LogP contribution in [0.5, 0.6) is 5.75 Å². The summed E-state index contributed by atoms with van der Waals surface area (Å²) in [5.41, 5.74) is 3.26. The number of nitrogens with one attached hydrogen (secondary N) is 2. The van der Waals surface area contributed by atoms with Crippen LogP contribution >= 0.6 is 24.2 Å². The predicted molar refractivity (Wildman–Crippen MR) is 106 cm³/mol. The van der Waals surface area contributed by atoms with Gasteiger partial charge in [0.15, 0.2) is 0 Å². The molecule has 0 aliphatic carbocycles. The number of carbonyl (C=O) groups is 1. The Balaban J connectivity index is 0.00000225. The van der Waals surface area contributed by atoms with Crippen LogP contribution in [0.4, 0.5) is 0 Å². The molecule has 1 amide bonds. The molecule has 1 aliphatic rings. The fraction of sp³-hybridized carbons (Fsp3) is 0.316. The van der Waals surface area contributed by atoms with Gasteiger partial charge in [0.2, 0.25) is 5.91 Å². The molecule has 3 rings (SSSR count). The molecule has 0 bridgehead atoms. The number of hydrogen-bond donors (Lipinski definition) is 2. The number of methoxy groups -OCH3 is 1. The Bertz CT molecular complexity index is 703. The van der Waals surface area contributed by atoms with E-state index >= 15 is 0 Å². The van der Waals surface area contributed by atoms with Crippen molar-refractivity contribution in [3.63, 3.8) is 0 Å². The molecule has 1 saturated heterocycles. The van der Waals surface area contributed by atoms with Gasteiger partial charge in [0.05, 0.1) is 19.2 Å². The predicted octanol–water partition coefficient (Wildman–Crippen LogP) is 3.62. The van der Waals surface area contributed by atoms with Gasteiger partial charge in [0.25, 0.3) is 0 Å². The molecule has 2 aromatic rings. The first-order valence-corrected chi connectivity index (χ1v) is 9.19. The van der Waals surface area contributed by atoms with E-state index in [9.17, 15) is 4.79 Å². The zero-order valence-electron chi connectivity index (χ0n) is 14.3. The average molecular weight is 379 g/mol. The molecule has 1 aliphatic heterocycles. The zero-order chi connectivity index (χ0) is 16.9. The van der Waals surface area contributed by atoms with Crippen LogP contribution in [0.2, 0.25) is 0 Å². The Morgan fingerprint density at radius 1 is 1.24 bits per heavy atom. The summed E-state index contributed by atoms with van der Waals surface area (Å²) in [7, 11) is 1.68. The second kappa shape index (κ2) is 9.13. The lowest BCUT2D eigenvalue weighted by atomic mass is 10.0. The van der Waals surface area contributed by atoms with E-state index < -0.39 is 0 Å². The number of hydrogen-bond acceptors (Lipinski definition) is 4. The molecule has 2 aromatic carbocycles. The minimum atomic E-state index is -0.0784. The normalized spacial score (nSPS) is 17.4. The van der Waals surface area contributed by atoms with E-state index in [-0.39, 0.29) is 30.4 Å². The lowest BCUT2D eigenvalue weighted by Gasteiger charge is -2.18. The molecule has 2 N–H and O–H groups in total. The van der Waals surface area contributed by atoms with Gasteiger partial charge in [-0.25, -0.2) is 0 Å². The first-order chi connectivity index (χ1) is 11.7. The highest BCUT2D eigenvalue weighted by Crippen LogP contribution is 2.30. The molecule has 4 nitrogen and oxygen atoms in total. The summed E-state index contributed by atoms with van der Waals surface area (Å²) in [6.07, 6.45) is 0. The maximum atomic E-state index is 12.2. The molecule has 0 spiro atoms. The van der Waals surface area contributed by atoms with Gasteiger partial charge in [0, 0.05) is 17.2 Å². The maximum Gasteiger partial charge on any atom is 0.238 e. The minimum absolute atomic E-state index is 0. The third-order valence-electron chi connectivity index (χ3n) is 4.22. The molecular weight excluding hydrogens is 356 g/mol. The maximum absolute atomic E-state index is 12.2. The molecule has 0 aromatic heterocycles. The number of carbonyl (C=O) groups excluding carboxylic acids is 1. The molecule has 0 radical (unpaired) electrons. The van der Waals surface area contributed by atoms with E-state index in [0.29, 0.717) is 0 Å². The summed E-state index contributed by atoms with van der Waals surface area (Å²) < 4.78 is 5.42. The molecule has 134 valence electrons. The van der Waals surface area contributed by atoms with Crippen molar-refractivity contribution in [2.75, 3.05) is 18.7 Å². The van der Waals surface area contributed by atoms with Gasteiger partial charge >= 0.3 is 0 Å². The number of amides is 1. The number of benzene rings is 2. The molecule has 25 heavy (non-hydrogen) atoms. The second-order valence-electron chi connectivity index (χ2n) is 5.82. The van der Waals surface area contributed by atoms with Crippen molar-refractivity contribution in [2.24, 2.45) is 0 Å². The van der Waals surface area contributed by atoms with E-state index in [1.54, 1.807) is 18.9 Å². The largest absolute Gasteiger partial charge is 0.496 e. The van der Waals surface area contributed by atoms with Gasteiger partial charge in [-0.2, -0.15) is 0 Å². The Morgan fingerprint density at radius 2 is 1.96 bits per heavy atom. The van der Waals surface area contributed by atoms with Gasteiger partial charge in [-0.1, -0.05) is 42.5 Å². The fourth-order valence-corrected chi connectivity index (χ4v) is 3.74. The highest BCUT2D eigenvalue weighted by Gasteiger charge is 2.23. The van der Waals surface area contributed by atoms with Crippen molar-refractivity contribution in [1.82, 2.24) is 10.6 Å². The van der Waals surface area contributed by atoms with Crippen molar-refractivity contribution in [3.8, 4) is 16.9 Å². The summed E-state index contributed by atoms with van der Waals surface area (Å²) in [6.45, 7) is 2.01. The first-order valence-electron chi connectivity index (χ1n) is 8.04. The molecular formula is C19H23ClN2O2S. The highest BCUT2D eigenvalue weighted by molar-refractivity contribution is 7.99. The Labute approximate surface area is 159 Å². The summed E-state index contributed by atoms with van der Waals surface area (Å²) in [5.74, 6) is 2.61. The molecule has 1 fully saturated rings. The van der Waals surface area contributed by atoms with Crippen molar-refractivity contribution >= 4 is 30.1 Å². The third kappa shape index (κ3) is 4.69. The zero-order valence-corrected chi connectivity index (χ0v) is 16.0. The molecule has 6 heteroatoms. The van der Waals surface area contributed by atoms with Crippen molar-refractivity contribution in [2.45, 2.75) is 19.0 Å². The Morgan fingerprint density at radius 3 is 2.60 bits per heavy atom. The van der Waals surface area contributed by atoms with Gasteiger partial charge in [-0.05, 0) is 24.1 Å². The van der Waals surface area contributed by atoms with Gasteiger partial charge in [-0.3, -0.25) is 10.1 Å². The standard InChI is InChI=1S/C19H22N2O2S.ClH/c1-13(21-19(22)17-11-24-12-20-17)14-7-9-15(10-8-14)16-5-3-4-6-18(16)23-2;/h3-10,13,17,20H,11-12H2,1-2H3,(H,21,22);1H. The van der Waals surface area contributed by atoms with E-state index in [4.69, 9.17) is 4.74 Å². The van der Waals surface area contributed by atoms with E-state index in [1.807, 2.05) is 31.2 Å². The summed E-state index contributed by atoms with van der Waals surface area (Å²) in [6, 6.07) is 16.1. The Kier molecular flexibility index (Phi) is 7.17. The number of rotatable bonds is 5. The lowest BCUT2D eigenvalue weighted by Crippen LogP contribution is -2.42. The van der Waals surface area contributed by atoms with E-state index in [2.05, 4.69) is 34.9 Å². The number of halogens is 1. The second-order valence-corrected chi connectivity index (χ2v) is 6.85. The minimum Gasteiger partial charge on any atom is -0.496 e. The average Bonchev–Trinajstić information content (AvgIpc) is 3.16. The summed E-state index contributed by atoms with van der Waals surface area (Å²) >= 11 is 1.75. The monoisotopic (exact) mass is 378 g/mol. The SMILES string of the molecule is COc1ccccc1-c1ccc(C(C)NC(=O)C2CSCN2)cc1.Cl. The van der Waals surface area contributed by atoms with Gasteiger partial charge in [-0.15, -0.1) is 24.2 Å². The smallest absolute Gasteiger partial charge is 0.238 e. The topological polar surface area (TPSA) is 50.4 Å². The van der Waals surface area contributed by atoms with Gasteiger partial charge < -0.3 is 10.1 Å². The van der Waals surface area contributed by atoms with Crippen LogP contribution in [-0.4, -0.2) is 30.7 Å². The van der Waals surface area contributed by atoms with Crippen molar-refractivity contribution in [3.05, 3.63) is 54.1 Å². The van der Waals surface area contributed by atoms with Crippen LogP contribution < -0.4 is 15.4 Å². The number of ether oxygens (including phenoxy) is 1. The van der Waals surface area contributed by atoms with Crippen molar-refractivity contribution < 1.29 is 9.53 Å². The molecule has 2 atom stereocenters. The van der Waals surface area contributed by atoms with E-state index in [1.165, 1.54) is 0 Å². The Hall–Kier alpha value is -1.69. The van der Waals surface area contributed by atoms with Gasteiger partial charge in [0.1, 0.15) is 5.75 Å². The molecule has 1 heterocycles. The molecule has 2 unspecified atom stereocenters. The summed E-state index contributed by atoms with van der Waals surface area (Å²) in [4.78, 5) is 12.2. The summed E-state index contributed by atoms with van der Waals surface area (Å²) in [5, 5.41) is 6.27. The van der Waals surface area contributed by atoms with Crippen LogP contribution in [0, 0.1) is 0 Å². The fourth-order valence-electron chi connectivity index (χ4n) is 2.80. The quantitative estimate of drug-likeness (QED) is 0.834. The van der Waals surface area contributed by atoms with Crippen LogP contribution in [-0.2, 0) is 4.79 Å². The van der Waals surface area contributed by atoms with E-state index in [0.717, 1.165) is 34.1 Å². The number of para-hydroxylation sites is 1.